The topological polar surface area (TPSA) is 204 Å². The van der Waals surface area contributed by atoms with E-state index < -0.39 is 42.2 Å². The van der Waals surface area contributed by atoms with Crippen LogP contribution in [0.3, 0.4) is 0 Å². The molecule has 21 heavy (non-hydrogen) atoms. The summed E-state index contributed by atoms with van der Waals surface area (Å²) in [4.78, 5) is 28.1. The van der Waals surface area contributed by atoms with E-state index in [-0.39, 0.29) is 29.6 Å². The summed E-state index contributed by atoms with van der Waals surface area (Å²) in [7, 11) is -4.67. The van der Waals surface area contributed by atoms with Gasteiger partial charge in [0.05, 0.1) is 33.0 Å². The van der Waals surface area contributed by atoms with Crippen molar-refractivity contribution < 1.29 is 32.3 Å². The second-order valence-corrected chi connectivity index (χ2v) is 3.82. The second-order valence-electron chi connectivity index (χ2n) is 2.93. The SMILES string of the molecule is O=S(=O)(O)O.O=[N+]([O-])c1cc([N+](=O)[O-])cc([N+](=O)[O-])c1.[NaH]. The zero-order valence-corrected chi connectivity index (χ0v) is 9.96. The predicted octanol–water partition coefficient (Wildman–Crippen LogP) is 0.110. The molecule has 0 saturated carbocycles. The molecule has 0 aliphatic carbocycles. The van der Waals surface area contributed by atoms with Crippen LogP contribution in [0.25, 0.3) is 0 Å². The molecule has 0 unspecified atom stereocenters. The minimum absolute atomic E-state index is 0. The molecule has 0 heterocycles. The molecule has 0 spiro atoms. The molecule has 0 aliphatic rings. The van der Waals surface area contributed by atoms with Crippen LogP contribution in [0.5, 0.6) is 0 Å². The van der Waals surface area contributed by atoms with Crippen LogP contribution in [0.15, 0.2) is 18.2 Å². The number of hydrogen-bond acceptors (Lipinski definition) is 8. The summed E-state index contributed by atoms with van der Waals surface area (Å²) in [6.45, 7) is 0. The maximum atomic E-state index is 10.3. The Labute approximate surface area is 137 Å². The number of rotatable bonds is 3. The van der Waals surface area contributed by atoms with Gasteiger partial charge in [0.1, 0.15) is 0 Å². The van der Waals surface area contributed by atoms with E-state index >= 15 is 0 Å². The molecule has 1 aromatic rings. The molecule has 0 radical (unpaired) electrons. The van der Waals surface area contributed by atoms with E-state index in [0.29, 0.717) is 18.2 Å². The summed E-state index contributed by atoms with van der Waals surface area (Å²) in [5.41, 5.74) is -2.05. The molecule has 1 aromatic carbocycles. The Balaban J connectivity index is 0. The first-order valence-corrected chi connectivity index (χ1v) is 5.59. The quantitative estimate of drug-likeness (QED) is 0.330. The van der Waals surface area contributed by atoms with Crippen LogP contribution in [0.1, 0.15) is 0 Å². The molecular formula is C6H6N3NaO10S. The van der Waals surface area contributed by atoms with Crippen LogP contribution >= 0.6 is 0 Å². The fourth-order valence-corrected chi connectivity index (χ4v) is 0.896. The van der Waals surface area contributed by atoms with Gasteiger partial charge in [0.15, 0.2) is 0 Å². The van der Waals surface area contributed by atoms with Crippen LogP contribution in [0, 0.1) is 30.3 Å². The van der Waals surface area contributed by atoms with E-state index in [1.807, 2.05) is 0 Å². The van der Waals surface area contributed by atoms with Crippen molar-refractivity contribution in [3.8, 4) is 0 Å². The average Bonchev–Trinajstić information content (AvgIpc) is 2.25. The van der Waals surface area contributed by atoms with Crippen molar-refractivity contribution in [3.05, 3.63) is 48.5 Å². The molecule has 13 nitrogen and oxygen atoms in total. The normalized spacial score (nSPS) is 9.62. The molecule has 2 N–H and O–H groups in total. The molecule has 0 amide bonds. The Morgan fingerprint density at radius 3 is 1.00 bits per heavy atom. The second kappa shape index (κ2) is 8.55. The van der Waals surface area contributed by atoms with E-state index in [1.165, 1.54) is 0 Å². The number of hydrogen-bond donors (Lipinski definition) is 2. The summed E-state index contributed by atoms with van der Waals surface area (Å²) in [5.74, 6) is 0. The van der Waals surface area contributed by atoms with E-state index in [9.17, 15) is 30.3 Å². The first-order chi connectivity index (χ1) is 8.91. The van der Waals surface area contributed by atoms with Crippen molar-refractivity contribution in [2.45, 2.75) is 0 Å². The van der Waals surface area contributed by atoms with Crippen molar-refractivity contribution in [1.29, 1.82) is 0 Å². The summed E-state index contributed by atoms with van der Waals surface area (Å²) in [6, 6.07) is 1.98. The number of benzene rings is 1. The van der Waals surface area contributed by atoms with Gasteiger partial charge in [-0.05, 0) is 0 Å². The van der Waals surface area contributed by atoms with E-state index in [4.69, 9.17) is 17.5 Å². The molecule has 0 aromatic heterocycles. The predicted molar refractivity (Wildman–Crippen MR) is 67.7 cm³/mol. The van der Waals surface area contributed by atoms with Gasteiger partial charge in [-0.3, -0.25) is 39.4 Å². The first kappa shape index (κ1) is 21.6. The van der Waals surface area contributed by atoms with Gasteiger partial charge in [-0.25, -0.2) is 0 Å². The third-order valence-corrected chi connectivity index (χ3v) is 1.52. The molecule has 0 saturated heterocycles. The zero-order chi connectivity index (χ0) is 16.1. The fourth-order valence-electron chi connectivity index (χ4n) is 0.896. The average molecular weight is 335 g/mol. The molecule has 0 aliphatic heterocycles. The Bertz CT molecular complexity index is 572. The minimum atomic E-state index is -4.67. The van der Waals surface area contributed by atoms with E-state index in [2.05, 4.69) is 0 Å². The van der Waals surface area contributed by atoms with Crippen LogP contribution in [-0.4, -0.2) is 61.9 Å². The molecule has 0 bridgehead atoms. The standard InChI is InChI=1S/C6H3N3O6.Na.H2O4S.H/c10-7(11)4-1-5(8(12)13)3-6(2-4)9(14)15;;1-5(2,3)4;/h1-3H;;(H2,1,2,3,4);. The summed E-state index contributed by atoms with van der Waals surface area (Å²) in [6.07, 6.45) is 0. The van der Waals surface area contributed by atoms with Crippen LogP contribution < -0.4 is 0 Å². The number of nitro groups is 3. The molecule has 0 fully saturated rings. The van der Waals surface area contributed by atoms with Crippen molar-refractivity contribution in [2.75, 3.05) is 0 Å². The van der Waals surface area contributed by atoms with Crippen LogP contribution in [0.4, 0.5) is 17.1 Å². The van der Waals surface area contributed by atoms with Crippen molar-refractivity contribution >= 4 is 57.0 Å². The Morgan fingerprint density at radius 1 is 0.762 bits per heavy atom. The van der Waals surface area contributed by atoms with Crippen molar-refractivity contribution in [2.24, 2.45) is 0 Å². The van der Waals surface area contributed by atoms with Gasteiger partial charge >= 0.3 is 40.0 Å². The Morgan fingerprint density at radius 2 is 0.905 bits per heavy atom. The molecule has 112 valence electrons. The summed E-state index contributed by atoms with van der Waals surface area (Å²) >= 11 is 0. The van der Waals surface area contributed by atoms with Crippen LogP contribution in [-0.2, 0) is 10.4 Å². The third-order valence-electron chi connectivity index (χ3n) is 1.52. The van der Waals surface area contributed by atoms with Gasteiger partial charge in [-0.2, -0.15) is 8.42 Å². The molecular weight excluding hydrogens is 329 g/mol. The number of non-ortho nitro benzene ring substituents is 3. The maximum absolute atomic E-state index is 10.3. The van der Waals surface area contributed by atoms with E-state index in [1.54, 1.807) is 0 Å². The van der Waals surface area contributed by atoms with Gasteiger partial charge in [0.2, 0.25) is 0 Å². The van der Waals surface area contributed by atoms with Crippen LogP contribution in [0.2, 0.25) is 0 Å². The number of nitrogens with zero attached hydrogens (tertiary/aromatic N) is 3. The Kier molecular flexibility index (Phi) is 8.79. The Hall–Kier alpha value is -1.71. The third kappa shape index (κ3) is 9.77. The zero-order valence-electron chi connectivity index (χ0n) is 9.14. The van der Waals surface area contributed by atoms with Gasteiger partial charge in [0.25, 0.3) is 17.1 Å². The number of nitro benzene ring substituents is 3. The fraction of sp³-hybridized carbons (Fsp3) is 0. The van der Waals surface area contributed by atoms with Gasteiger partial charge in [-0.15, -0.1) is 0 Å². The molecule has 1 rings (SSSR count). The molecule has 0 atom stereocenters. The van der Waals surface area contributed by atoms with E-state index in [0.717, 1.165) is 0 Å². The summed E-state index contributed by atoms with van der Waals surface area (Å²) < 4.78 is 31.6. The summed E-state index contributed by atoms with van der Waals surface area (Å²) in [5, 5.41) is 30.9. The monoisotopic (exact) mass is 335 g/mol. The van der Waals surface area contributed by atoms with Gasteiger partial charge in [0, 0.05) is 0 Å². The van der Waals surface area contributed by atoms with Gasteiger partial charge < -0.3 is 0 Å². The van der Waals surface area contributed by atoms with Crippen molar-refractivity contribution in [3.63, 3.8) is 0 Å². The molecule has 15 heteroatoms. The first-order valence-electron chi connectivity index (χ1n) is 4.20. The van der Waals surface area contributed by atoms with Crippen molar-refractivity contribution in [1.82, 2.24) is 0 Å². The van der Waals surface area contributed by atoms with Gasteiger partial charge in [-0.1, -0.05) is 0 Å².